The van der Waals surface area contributed by atoms with Crippen molar-refractivity contribution in [3.8, 4) is 0 Å². The van der Waals surface area contributed by atoms with Gasteiger partial charge in [-0.3, -0.25) is 0 Å². The lowest BCUT2D eigenvalue weighted by Gasteiger charge is -2.36. The Morgan fingerprint density at radius 3 is 2.47 bits per heavy atom. The summed E-state index contributed by atoms with van der Waals surface area (Å²) in [5, 5.41) is 0.262. The molecule has 0 unspecified atom stereocenters. The van der Waals surface area contributed by atoms with Gasteiger partial charge >= 0.3 is 0 Å². The molecule has 0 saturated carbocycles. The summed E-state index contributed by atoms with van der Waals surface area (Å²) in [5.41, 5.74) is 0. The molecule has 1 rings (SSSR count). The van der Waals surface area contributed by atoms with Gasteiger partial charge in [0.25, 0.3) is 0 Å². The van der Waals surface area contributed by atoms with E-state index in [1.54, 1.807) is 0 Å². The lowest BCUT2D eigenvalue weighted by molar-refractivity contribution is 0.400. The zero-order valence-electron chi connectivity index (χ0n) is 10.5. The van der Waals surface area contributed by atoms with Crippen LogP contribution in [0.5, 0.6) is 0 Å². The SMILES string of the molecule is CC(C)(C)[Si](C)(C)OC1=CC=CCC=C1. The highest BCUT2D eigenvalue weighted by molar-refractivity contribution is 6.74. The van der Waals surface area contributed by atoms with Crippen molar-refractivity contribution in [2.45, 2.75) is 45.3 Å². The summed E-state index contributed by atoms with van der Waals surface area (Å²) in [6.07, 6.45) is 11.5. The summed E-state index contributed by atoms with van der Waals surface area (Å²) in [5.74, 6) is 1.01. The van der Waals surface area contributed by atoms with Gasteiger partial charge in [0.2, 0.25) is 8.32 Å². The van der Waals surface area contributed by atoms with E-state index in [0.717, 1.165) is 12.2 Å². The fraction of sp³-hybridized carbons (Fsp3) is 0.538. The van der Waals surface area contributed by atoms with Crippen LogP contribution in [-0.4, -0.2) is 8.32 Å². The minimum absolute atomic E-state index is 0.262. The molecular formula is C13H22OSi. The molecule has 84 valence electrons. The van der Waals surface area contributed by atoms with E-state index in [9.17, 15) is 0 Å². The first-order valence-corrected chi connectivity index (χ1v) is 8.46. The van der Waals surface area contributed by atoms with E-state index in [1.165, 1.54) is 0 Å². The molecule has 1 nitrogen and oxygen atoms in total. The van der Waals surface area contributed by atoms with Crippen molar-refractivity contribution in [1.29, 1.82) is 0 Å². The monoisotopic (exact) mass is 222 g/mol. The van der Waals surface area contributed by atoms with Crippen molar-refractivity contribution >= 4 is 8.32 Å². The van der Waals surface area contributed by atoms with Gasteiger partial charge in [-0.15, -0.1) is 0 Å². The molecule has 0 aromatic rings. The van der Waals surface area contributed by atoms with Gasteiger partial charge in [0.15, 0.2) is 0 Å². The summed E-state index contributed by atoms with van der Waals surface area (Å²) in [4.78, 5) is 0. The van der Waals surface area contributed by atoms with Crippen LogP contribution in [0.2, 0.25) is 18.1 Å². The van der Waals surface area contributed by atoms with E-state index in [4.69, 9.17) is 4.43 Å². The van der Waals surface area contributed by atoms with Gasteiger partial charge in [-0.1, -0.05) is 39.0 Å². The summed E-state index contributed by atoms with van der Waals surface area (Å²) >= 11 is 0. The molecule has 1 aliphatic rings. The largest absolute Gasteiger partial charge is 0.544 e. The average molecular weight is 222 g/mol. The number of rotatable bonds is 2. The van der Waals surface area contributed by atoms with Gasteiger partial charge in [-0.05, 0) is 36.7 Å². The third-order valence-corrected chi connectivity index (χ3v) is 7.49. The van der Waals surface area contributed by atoms with E-state index in [-0.39, 0.29) is 5.04 Å². The van der Waals surface area contributed by atoms with E-state index in [2.05, 4.69) is 64.2 Å². The maximum Gasteiger partial charge on any atom is 0.250 e. The topological polar surface area (TPSA) is 9.23 Å². The van der Waals surface area contributed by atoms with Crippen molar-refractivity contribution in [2.24, 2.45) is 0 Å². The van der Waals surface area contributed by atoms with Gasteiger partial charge in [0.05, 0.1) is 0 Å². The summed E-state index contributed by atoms with van der Waals surface area (Å²) in [7, 11) is -1.67. The van der Waals surface area contributed by atoms with E-state index in [1.807, 2.05) is 0 Å². The molecule has 0 heterocycles. The van der Waals surface area contributed by atoms with E-state index < -0.39 is 8.32 Å². The maximum atomic E-state index is 6.19. The molecule has 0 aliphatic heterocycles. The molecule has 0 fully saturated rings. The second-order valence-electron chi connectivity index (χ2n) is 5.50. The van der Waals surface area contributed by atoms with Crippen LogP contribution in [0.4, 0.5) is 0 Å². The third kappa shape index (κ3) is 3.38. The van der Waals surface area contributed by atoms with E-state index >= 15 is 0 Å². The Kier molecular flexibility index (Phi) is 3.61. The highest BCUT2D eigenvalue weighted by atomic mass is 28.4. The average Bonchev–Trinajstić information content (AvgIpc) is 2.30. The third-order valence-electron chi connectivity index (χ3n) is 3.13. The molecule has 15 heavy (non-hydrogen) atoms. The molecule has 0 atom stereocenters. The summed E-state index contributed by atoms with van der Waals surface area (Å²) in [6.45, 7) is 11.3. The summed E-state index contributed by atoms with van der Waals surface area (Å²) < 4.78 is 6.19. The molecule has 0 amide bonds. The van der Waals surface area contributed by atoms with Gasteiger partial charge in [0.1, 0.15) is 5.76 Å². The zero-order valence-corrected chi connectivity index (χ0v) is 11.5. The summed E-state index contributed by atoms with van der Waals surface area (Å²) in [6, 6.07) is 0. The van der Waals surface area contributed by atoms with Crippen LogP contribution in [-0.2, 0) is 4.43 Å². The van der Waals surface area contributed by atoms with Crippen LogP contribution < -0.4 is 0 Å². The Labute approximate surface area is 94.7 Å². The number of allylic oxidation sites excluding steroid dienone is 5. The number of hydrogen-bond donors (Lipinski definition) is 0. The van der Waals surface area contributed by atoms with Gasteiger partial charge in [0, 0.05) is 0 Å². The lowest BCUT2D eigenvalue weighted by atomic mass is 10.2. The van der Waals surface area contributed by atoms with Crippen LogP contribution >= 0.6 is 0 Å². The minimum Gasteiger partial charge on any atom is -0.544 e. The maximum absolute atomic E-state index is 6.19. The van der Waals surface area contributed by atoms with E-state index in [0.29, 0.717) is 0 Å². The first kappa shape index (κ1) is 12.3. The Balaban J connectivity index is 2.77. The van der Waals surface area contributed by atoms with Crippen molar-refractivity contribution in [1.82, 2.24) is 0 Å². The Bertz CT molecular complexity index is 303. The molecular weight excluding hydrogens is 200 g/mol. The van der Waals surface area contributed by atoms with Crippen LogP contribution in [0.3, 0.4) is 0 Å². The van der Waals surface area contributed by atoms with Crippen molar-refractivity contribution in [3.63, 3.8) is 0 Å². The van der Waals surface area contributed by atoms with Crippen LogP contribution in [0.25, 0.3) is 0 Å². The fourth-order valence-corrected chi connectivity index (χ4v) is 2.11. The number of hydrogen-bond acceptors (Lipinski definition) is 1. The standard InChI is InChI=1S/C13H22OSi/c1-13(2,3)15(4,5)14-12-10-8-6-7-9-11-12/h6,8-11H,7H2,1-5H3. The molecule has 0 N–H and O–H groups in total. The molecule has 0 aromatic heterocycles. The highest BCUT2D eigenvalue weighted by Crippen LogP contribution is 2.38. The lowest BCUT2D eigenvalue weighted by Crippen LogP contribution is -2.40. The van der Waals surface area contributed by atoms with Crippen LogP contribution in [0.15, 0.2) is 36.1 Å². The van der Waals surface area contributed by atoms with Gasteiger partial charge in [-0.2, -0.15) is 0 Å². The molecule has 1 aliphatic carbocycles. The molecule has 0 saturated heterocycles. The van der Waals surface area contributed by atoms with Crippen LogP contribution in [0.1, 0.15) is 27.2 Å². The first-order chi connectivity index (χ1) is 6.83. The second kappa shape index (κ2) is 4.39. The Morgan fingerprint density at radius 1 is 1.20 bits per heavy atom. The van der Waals surface area contributed by atoms with Crippen molar-refractivity contribution in [3.05, 3.63) is 36.1 Å². The van der Waals surface area contributed by atoms with Crippen molar-refractivity contribution in [2.75, 3.05) is 0 Å². The highest BCUT2D eigenvalue weighted by Gasteiger charge is 2.39. The zero-order chi connectivity index (χ0) is 11.5. The Morgan fingerprint density at radius 2 is 1.87 bits per heavy atom. The van der Waals surface area contributed by atoms with Gasteiger partial charge < -0.3 is 4.43 Å². The molecule has 0 spiro atoms. The molecule has 0 bridgehead atoms. The molecule has 0 aromatic carbocycles. The first-order valence-electron chi connectivity index (χ1n) is 5.55. The fourth-order valence-electron chi connectivity index (χ4n) is 1.08. The van der Waals surface area contributed by atoms with Crippen LogP contribution in [0, 0.1) is 0 Å². The second-order valence-corrected chi connectivity index (χ2v) is 10.2. The molecule has 0 radical (unpaired) electrons. The normalized spacial score (nSPS) is 17.3. The van der Waals surface area contributed by atoms with Gasteiger partial charge in [-0.25, -0.2) is 0 Å². The minimum atomic E-state index is -1.67. The molecule has 2 heteroatoms. The predicted molar refractivity (Wildman–Crippen MR) is 69.3 cm³/mol. The quantitative estimate of drug-likeness (QED) is 0.629. The smallest absolute Gasteiger partial charge is 0.250 e. The predicted octanol–water partition coefficient (Wildman–Crippen LogP) is 4.41. The Hall–Kier alpha value is -0.763. The van der Waals surface area contributed by atoms with Crippen molar-refractivity contribution < 1.29 is 4.43 Å².